The van der Waals surface area contributed by atoms with Gasteiger partial charge in [0, 0.05) is 22.8 Å². The van der Waals surface area contributed by atoms with Gasteiger partial charge in [0.25, 0.3) is 5.91 Å². The van der Waals surface area contributed by atoms with Crippen LogP contribution in [0.25, 0.3) is 0 Å². The van der Waals surface area contributed by atoms with Gasteiger partial charge in [-0.15, -0.1) is 11.8 Å². The van der Waals surface area contributed by atoms with Crippen LogP contribution in [0.2, 0.25) is 0 Å². The molecule has 1 aromatic heterocycles. The number of carbonyl (C=O) groups excluding carboxylic acids is 1. The first-order valence-electron chi connectivity index (χ1n) is 7.64. The van der Waals surface area contributed by atoms with Crippen molar-refractivity contribution in [3.05, 3.63) is 46.8 Å². The van der Waals surface area contributed by atoms with Crippen LogP contribution in [0.3, 0.4) is 0 Å². The second-order valence-corrected chi connectivity index (χ2v) is 6.66. The number of nitrogens with two attached hydrogens (primary N) is 1. The molecule has 0 saturated carbocycles. The lowest BCUT2D eigenvalue weighted by molar-refractivity contribution is 0.0945. The molecule has 1 atom stereocenters. The Morgan fingerprint density at radius 1 is 1.39 bits per heavy atom. The van der Waals surface area contributed by atoms with Gasteiger partial charge in [-0.05, 0) is 38.4 Å². The molecule has 2 aromatic rings. The number of carbonyl (C=O) groups is 1. The highest BCUT2D eigenvalue weighted by atomic mass is 32.2. The zero-order chi connectivity index (χ0) is 16.8. The lowest BCUT2D eigenvalue weighted by Crippen LogP contribution is -2.31. The normalized spacial score (nSPS) is 12.2. The molecule has 1 unspecified atom stereocenters. The molecular formula is C17H23N3O2S. The summed E-state index contributed by atoms with van der Waals surface area (Å²) in [5.74, 6) is 1.76. The Morgan fingerprint density at radius 2 is 2.13 bits per heavy atom. The fraction of sp³-hybridized carbons (Fsp3) is 0.412. The SMILES string of the molecule is Cc1noc(C)c1CSc1ccccc1C(=O)NCC(C)CN. The fourth-order valence-corrected chi connectivity index (χ4v) is 3.29. The van der Waals surface area contributed by atoms with E-state index in [1.807, 2.05) is 45.0 Å². The molecule has 3 N–H and O–H groups in total. The van der Waals surface area contributed by atoms with E-state index >= 15 is 0 Å². The summed E-state index contributed by atoms with van der Waals surface area (Å²) in [6.07, 6.45) is 0. The van der Waals surface area contributed by atoms with Gasteiger partial charge in [-0.3, -0.25) is 4.79 Å². The van der Waals surface area contributed by atoms with Gasteiger partial charge in [0.1, 0.15) is 5.76 Å². The van der Waals surface area contributed by atoms with Crippen molar-refractivity contribution < 1.29 is 9.32 Å². The predicted octanol–water partition coefficient (Wildman–Crippen LogP) is 2.91. The van der Waals surface area contributed by atoms with Crippen molar-refractivity contribution in [2.45, 2.75) is 31.4 Å². The number of amides is 1. The lowest BCUT2D eigenvalue weighted by Gasteiger charge is -2.12. The molecule has 2 rings (SSSR count). The molecule has 0 fully saturated rings. The van der Waals surface area contributed by atoms with Gasteiger partial charge in [-0.25, -0.2) is 0 Å². The number of hydrogen-bond donors (Lipinski definition) is 2. The summed E-state index contributed by atoms with van der Waals surface area (Å²) in [4.78, 5) is 13.3. The van der Waals surface area contributed by atoms with E-state index in [1.54, 1.807) is 11.8 Å². The van der Waals surface area contributed by atoms with Crippen LogP contribution in [-0.4, -0.2) is 24.2 Å². The molecule has 1 heterocycles. The second-order valence-electron chi connectivity index (χ2n) is 5.64. The monoisotopic (exact) mass is 333 g/mol. The average molecular weight is 333 g/mol. The maximum absolute atomic E-state index is 12.4. The number of nitrogens with one attached hydrogen (secondary N) is 1. The van der Waals surface area contributed by atoms with Crippen molar-refractivity contribution in [2.24, 2.45) is 11.7 Å². The Kier molecular flexibility index (Phi) is 6.24. The molecule has 0 aliphatic rings. The van der Waals surface area contributed by atoms with Crippen LogP contribution in [0.4, 0.5) is 0 Å². The first kappa shape index (κ1) is 17.6. The summed E-state index contributed by atoms with van der Waals surface area (Å²) in [6, 6.07) is 7.62. The Labute approximate surface area is 141 Å². The van der Waals surface area contributed by atoms with Crippen molar-refractivity contribution >= 4 is 17.7 Å². The number of thioether (sulfide) groups is 1. The Bertz CT molecular complexity index is 650. The van der Waals surface area contributed by atoms with Crippen LogP contribution in [0.5, 0.6) is 0 Å². The molecule has 6 heteroatoms. The maximum atomic E-state index is 12.4. The van der Waals surface area contributed by atoms with Crippen molar-refractivity contribution in [3.63, 3.8) is 0 Å². The highest BCUT2D eigenvalue weighted by Crippen LogP contribution is 2.28. The Morgan fingerprint density at radius 3 is 2.78 bits per heavy atom. The molecule has 0 spiro atoms. The van der Waals surface area contributed by atoms with E-state index in [1.165, 1.54) is 0 Å². The van der Waals surface area contributed by atoms with E-state index < -0.39 is 0 Å². The highest BCUT2D eigenvalue weighted by molar-refractivity contribution is 7.98. The van der Waals surface area contributed by atoms with Crippen LogP contribution in [0.15, 0.2) is 33.7 Å². The molecule has 0 bridgehead atoms. The highest BCUT2D eigenvalue weighted by Gasteiger charge is 2.14. The molecule has 0 aliphatic heterocycles. The van der Waals surface area contributed by atoms with E-state index in [0.29, 0.717) is 18.7 Å². The maximum Gasteiger partial charge on any atom is 0.252 e. The third-order valence-corrected chi connectivity index (χ3v) is 4.80. The standard InChI is InChI=1S/C17H23N3O2S/c1-11(8-18)9-19-17(21)14-6-4-5-7-16(14)23-10-15-12(2)20-22-13(15)3/h4-7,11H,8-10,18H2,1-3H3,(H,19,21). The zero-order valence-electron chi connectivity index (χ0n) is 13.8. The first-order chi connectivity index (χ1) is 11.0. The number of nitrogens with zero attached hydrogens (tertiary/aromatic N) is 1. The summed E-state index contributed by atoms with van der Waals surface area (Å²) in [7, 11) is 0. The molecule has 1 aromatic carbocycles. The number of aromatic nitrogens is 1. The minimum atomic E-state index is -0.0628. The van der Waals surface area contributed by atoms with Gasteiger partial charge in [0.2, 0.25) is 0 Å². The van der Waals surface area contributed by atoms with Gasteiger partial charge in [0.05, 0.1) is 11.3 Å². The van der Waals surface area contributed by atoms with Crippen LogP contribution >= 0.6 is 11.8 Å². The van der Waals surface area contributed by atoms with E-state index in [-0.39, 0.29) is 11.8 Å². The van der Waals surface area contributed by atoms with Crippen molar-refractivity contribution in [1.29, 1.82) is 0 Å². The smallest absolute Gasteiger partial charge is 0.252 e. The summed E-state index contributed by atoms with van der Waals surface area (Å²) < 4.78 is 5.18. The van der Waals surface area contributed by atoms with Gasteiger partial charge in [0.15, 0.2) is 0 Å². The van der Waals surface area contributed by atoms with Crippen molar-refractivity contribution in [3.8, 4) is 0 Å². The summed E-state index contributed by atoms with van der Waals surface area (Å²) in [5, 5.41) is 6.91. The molecule has 0 radical (unpaired) electrons. The molecule has 0 saturated heterocycles. The molecule has 0 aliphatic carbocycles. The van der Waals surface area contributed by atoms with Crippen LogP contribution in [0, 0.1) is 19.8 Å². The minimum Gasteiger partial charge on any atom is -0.361 e. The third-order valence-electron chi connectivity index (χ3n) is 3.70. The van der Waals surface area contributed by atoms with Gasteiger partial charge in [-0.1, -0.05) is 24.2 Å². The van der Waals surface area contributed by atoms with Crippen LogP contribution in [-0.2, 0) is 5.75 Å². The molecule has 5 nitrogen and oxygen atoms in total. The Balaban J connectivity index is 2.07. The summed E-state index contributed by atoms with van der Waals surface area (Å²) >= 11 is 1.62. The topological polar surface area (TPSA) is 81.2 Å². The quantitative estimate of drug-likeness (QED) is 0.762. The number of rotatable bonds is 7. The fourth-order valence-electron chi connectivity index (χ4n) is 2.08. The van der Waals surface area contributed by atoms with Crippen molar-refractivity contribution in [2.75, 3.05) is 13.1 Å². The molecule has 23 heavy (non-hydrogen) atoms. The predicted molar refractivity (Wildman–Crippen MR) is 92.5 cm³/mol. The molecule has 124 valence electrons. The zero-order valence-corrected chi connectivity index (χ0v) is 14.6. The minimum absolute atomic E-state index is 0.0628. The lowest BCUT2D eigenvalue weighted by atomic mass is 10.1. The number of benzene rings is 1. The van der Waals surface area contributed by atoms with Gasteiger partial charge in [-0.2, -0.15) is 0 Å². The van der Waals surface area contributed by atoms with E-state index in [4.69, 9.17) is 10.3 Å². The van der Waals surface area contributed by atoms with Gasteiger partial charge >= 0.3 is 0 Å². The number of aryl methyl sites for hydroxylation is 2. The average Bonchev–Trinajstić information content (AvgIpc) is 2.89. The third kappa shape index (κ3) is 4.59. The van der Waals surface area contributed by atoms with Crippen LogP contribution < -0.4 is 11.1 Å². The van der Waals surface area contributed by atoms with E-state index in [2.05, 4.69) is 10.5 Å². The second kappa shape index (κ2) is 8.17. The van der Waals surface area contributed by atoms with E-state index in [9.17, 15) is 4.79 Å². The van der Waals surface area contributed by atoms with Crippen LogP contribution in [0.1, 0.15) is 34.3 Å². The number of hydrogen-bond acceptors (Lipinski definition) is 5. The molecular weight excluding hydrogens is 310 g/mol. The first-order valence-corrected chi connectivity index (χ1v) is 8.63. The van der Waals surface area contributed by atoms with Gasteiger partial charge < -0.3 is 15.6 Å². The molecule has 1 amide bonds. The van der Waals surface area contributed by atoms with E-state index in [0.717, 1.165) is 27.7 Å². The summed E-state index contributed by atoms with van der Waals surface area (Å²) in [6.45, 7) is 6.99. The summed E-state index contributed by atoms with van der Waals surface area (Å²) in [5.41, 5.74) is 8.26. The Hall–Kier alpha value is -1.79. The van der Waals surface area contributed by atoms with Crippen molar-refractivity contribution in [1.82, 2.24) is 10.5 Å². The largest absolute Gasteiger partial charge is 0.361 e.